The molecule has 1 aromatic carbocycles. The van der Waals surface area contributed by atoms with Gasteiger partial charge < -0.3 is 5.32 Å². The van der Waals surface area contributed by atoms with Crippen LogP contribution in [0.2, 0.25) is 0 Å². The predicted molar refractivity (Wildman–Crippen MR) is 115 cm³/mol. The molecule has 1 atom stereocenters. The molecule has 7 nitrogen and oxygen atoms in total. The first-order valence-electron chi connectivity index (χ1n) is 10.9. The molecule has 1 N–H and O–H groups in total. The second-order valence-corrected chi connectivity index (χ2v) is 8.42. The third-order valence-corrected chi connectivity index (χ3v) is 6.01. The SMILES string of the molecule is O=C(NCc1ccc(-c2nc3n(n2)CCC(C(F)(F)F)C3)cc1)c1c(C(F)(F)F)nc2ccccn12. The fourth-order valence-corrected chi connectivity index (χ4v) is 4.15. The molecule has 0 radical (unpaired) electrons. The van der Waals surface area contributed by atoms with Gasteiger partial charge in [-0.3, -0.25) is 9.20 Å². The number of imidazole rings is 1. The summed E-state index contributed by atoms with van der Waals surface area (Å²) in [7, 11) is 0. The van der Waals surface area contributed by atoms with Crippen LogP contribution in [0.3, 0.4) is 0 Å². The Labute approximate surface area is 199 Å². The van der Waals surface area contributed by atoms with Gasteiger partial charge >= 0.3 is 12.4 Å². The maximum absolute atomic E-state index is 13.5. The van der Waals surface area contributed by atoms with Gasteiger partial charge in [-0.1, -0.05) is 30.3 Å². The van der Waals surface area contributed by atoms with E-state index in [1.54, 1.807) is 24.3 Å². The van der Waals surface area contributed by atoms with Crippen LogP contribution >= 0.6 is 0 Å². The highest BCUT2D eigenvalue weighted by Crippen LogP contribution is 2.35. The van der Waals surface area contributed by atoms with Crippen molar-refractivity contribution in [3.05, 3.63) is 71.4 Å². The smallest absolute Gasteiger partial charge is 0.347 e. The Balaban J connectivity index is 1.30. The number of rotatable bonds is 4. The van der Waals surface area contributed by atoms with E-state index in [1.807, 2.05) is 0 Å². The third kappa shape index (κ3) is 4.52. The molecule has 1 aliphatic heterocycles. The average molecular weight is 508 g/mol. The van der Waals surface area contributed by atoms with Crippen LogP contribution in [0.1, 0.15) is 34.0 Å². The van der Waals surface area contributed by atoms with Crippen LogP contribution in [0.15, 0.2) is 48.7 Å². The molecule has 0 fully saturated rings. The summed E-state index contributed by atoms with van der Waals surface area (Å²) < 4.78 is 82.0. The highest BCUT2D eigenvalue weighted by atomic mass is 19.4. The van der Waals surface area contributed by atoms with Crippen molar-refractivity contribution in [3.8, 4) is 11.4 Å². The van der Waals surface area contributed by atoms with E-state index in [-0.39, 0.29) is 43.2 Å². The average Bonchev–Trinajstić information content (AvgIpc) is 3.43. The molecule has 0 aliphatic carbocycles. The Morgan fingerprint density at radius 2 is 1.78 bits per heavy atom. The van der Waals surface area contributed by atoms with Crippen molar-refractivity contribution in [1.82, 2.24) is 29.5 Å². The minimum Gasteiger partial charge on any atom is -0.347 e. The monoisotopic (exact) mass is 508 g/mol. The number of nitrogens with zero attached hydrogens (tertiary/aromatic N) is 5. The summed E-state index contributed by atoms with van der Waals surface area (Å²) in [6, 6.07) is 10.9. The summed E-state index contributed by atoms with van der Waals surface area (Å²) in [6.45, 7) is 0.0661. The summed E-state index contributed by atoms with van der Waals surface area (Å²) in [5.74, 6) is -1.83. The molecule has 4 heterocycles. The molecule has 5 rings (SSSR count). The molecule has 0 spiro atoms. The number of fused-ring (bicyclic) bond motifs is 2. The number of aromatic nitrogens is 5. The quantitative estimate of drug-likeness (QED) is 0.407. The highest BCUT2D eigenvalue weighted by Gasteiger charge is 2.42. The van der Waals surface area contributed by atoms with Gasteiger partial charge in [-0.25, -0.2) is 14.6 Å². The molecular weight excluding hydrogens is 490 g/mol. The number of benzene rings is 1. The van der Waals surface area contributed by atoms with Crippen LogP contribution in [0, 0.1) is 5.92 Å². The lowest BCUT2D eigenvalue weighted by atomic mass is 9.98. The van der Waals surface area contributed by atoms with Gasteiger partial charge in [-0.05, 0) is 24.1 Å². The number of amides is 1. The second-order valence-electron chi connectivity index (χ2n) is 8.42. The van der Waals surface area contributed by atoms with Crippen molar-refractivity contribution in [2.75, 3.05) is 0 Å². The van der Waals surface area contributed by atoms with E-state index in [2.05, 4.69) is 20.4 Å². The first-order chi connectivity index (χ1) is 17.0. The molecular formula is C23H18F6N6O. The molecule has 1 unspecified atom stereocenters. The van der Waals surface area contributed by atoms with Crippen molar-refractivity contribution in [1.29, 1.82) is 0 Å². The van der Waals surface area contributed by atoms with Gasteiger partial charge in [0.1, 0.15) is 17.2 Å². The third-order valence-electron chi connectivity index (χ3n) is 6.01. The van der Waals surface area contributed by atoms with Crippen molar-refractivity contribution < 1.29 is 31.1 Å². The Bertz CT molecular complexity index is 1420. The molecule has 13 heteroatoms. The normalized spacial score (nSPS) is 16.2. The number of aryl methyl sites for hydroxylation is 1. The maximum atomic E-state index is 13.5. The van der Waals surface area contributed by atoms with Gasteiger partial charge in [0, 0.05) is 31.3 Å². The van der Waals surface area contributed by atoms with Gasteiger partial charge in [0.25, 0.3) is 5.91 Å². The largest absolute Gasteiger partial charge is 0.435 e. The van der Waals surface area contributed by atoms with E-state index in [1.165, 1.54) is 29.1 Å². The zero-order chi connectivity index (χ0) is 25.7. The second kappa shape index (κ2) is 8.64. The number of carbonyl (C=O) groups excluding carboxylic acids is 1. The lowest BCUT2D eigenvalue weighted by Crippen LogP contribution is -2.31. The standard InChI is InChI=1S/C23H18F6N6O/c24-22(25,26)15-8-10-35-17(11-15)32-20(33-35)14-6-4-13(5-7-14)12-30-21(36)18-19(23(27,28)29)31-16-3-1-2-9-34(16)18/h1-7,9,15H,8,10-12H2,(H,30,36). The lowest BCUT2D eigenvalue weighted by molar-refractivity contribution is -0.179. The zero-order valence-corrected chi connectivity index (χ0v) is 18.4. The van der Waals surface area contributed by atoms with Gasteiger partial charge in [-0.2, -0.15) is 31.4 Å². The molecule has 0 saturated carbocycles. The summed E-state index contributed by atoms with van der Waals surface area (Å²) in [5, 5.41) is 6.77. The first-order valence-corrected chi connectivity index (χ1v) is 10.9. The summed E-state index contributed by atoms with van der Waals surface area (Å²) in [6.07, 6.45) is -8.05. The lowest BCUT2D eigenvalue weighted by Gasteiger charge is -2.24. The van der Waals surface area contributed by atoms with Crippen molar-refractivity contribution in [2.45, 2.75) is 38.3 Å². The van der Waals surface area contributed by atoms with Crippen LogP contribution in [0.4, 0.5) is 26.3 Å². The van der Waals surface area contributed by atoms with Gasteiger partial charge in [0.05, 0.1) is 5.92 Å². The number of hydrogen-bond acceptors (Lipinski definition) is 4. The molecule has 36 heavy (non-hydrogen) atoms. The molecule has 188 valence electrons. The topological polar surface area (TPSA) is 77.1 Å². The minimum atomic E-state index is -4.81. The highest BCUT2D eigenvalue weighted by molar-refractivity contribution is 5.95. The van der Waals surface area contributed by atoms with Gasteiger partial charge in [0.15, 0.2) is 11.5 Å². The van der Waals surface area contributed by atoms with E-state index in [0.717, 1.165) is 4.40 Å². The molecule has 1 amide bonds. The Morgan fingerprint density at radius 1 is 1.03 bits per heavy atom. The first kappa shape index (κ1) is 23.8. The van der Waals surface area contributed by atoms with E-state index in [9.17, 15) is 31.1 Å². The molecule has 3 aromatic heterocycles. The Hall–Kier alpha value is -3.90. The van der Waals surface area contributed by atoms with Crippen LogP contribution < -0.4 is 5.32 Å². The van der Waals surface area contributed by atoms with E-state index < -0.39 is 35.6 Å². The van der Waals surface area contributed by atoms with Crippen LogP contribution in [-0.2, 0) is 25.7 Å². The Kier molecular flexibility index (Phi) is 5.72. The van der Waals surface area contributed by atoms with Gasteiger partial charge in [0.2, 0.25) is 0 Å². The summed E-state index contributed by atoms with van der Waals surface area (Å²) in [4.78, 5) is 20.5. The fourth-order valence-electron chi connectivity index (χ4n) is 4.15. The van der Waals surface area contributed by atoms with Crippen molar-refractivity contribution in [2.24, 2.45) is 5.92 Å². The number of carbonyl (C=O) groups is 1. The molecule has 1 aliphatic rings. The number of halogens is 6. The minimum absolute atomic E-state index is 0.00357. The van der Waals surface area contributed by atoms with Crippen LogP contribution in [0.5, 0.6) is 0 Å². The molecule has 0 saturated heterocycles. The van der Waals surface area contributed by atoms with E-state index >= 15 is 0 Å². The number of hydrogen-bond donors (Lipinski definition) is 1. The van der Waals surface area contributed by atoms with E-state index in [0.29, 0.717) is 11.1 Å². The van der Waals surface area contributed by atoms with Crippen molar-refractivity contribution in [3.63, 3.8) is 0 Å². The van der Waals surface area contributed by atoms with Crippen LogP contribution in [0.25, 0.3) is 17.0 Å². The maximum Gasteiger partial charge on any atom is 0.435 e. The predicted octanol–water partition coefficient (Wildman–Crippen LogP) is 4.67. The Morgan fingerprint density at radius 3 is 2.47 bits per heavy atom. The van der Waals surface area contributed by atoms with E-state index in [4.69, 9.17) is 0 Å². The van der Waals surface area contributed by atoms with Crippen LogP contribution in [-0.4, -0.2) is 36.2 Å². The number of nitrogens with one attached hydrogen (secondary N) is 1. The summed E-state index contributed by atoms with van der Waals surface area (Å²) >= 11 is 0. The molecule has 0 bridgehead atoms. The number of alkyl halides is 6. The van der Waals surface area contributed by atoms with Gasteiger partial charge in [-0.15, -0.1) is 0 Å². The zero-order valence-electron chi connectivity index (χ0n) is 18.4. The van der Waals surface area contributed by atoms with Crippen molar-refractivity contribution >= 4 is 11.6 Å². The number of pyridine rings is 1. The molecule has 4 aromatic rings. The summed E-state index contributed by atoms with van der Waals surface area (Å²) in [5.41, 5.74) is -0.729. The fraction of sp³-hybridized carbons (Fsp3) is 0.304.